The highest BCUT2D eigenvalue weighted by Gasteiger charge is 2.32. The summed E-state index contributed by atoms with van der Waals surface area (Å²) in [5, 5.41) is 18.8. The van der Waals surface area contributed by atoms with Gasteiger partial charge in [-0.2, -0.15) is 5.10 Å². The molecule has 1 fully saturated rings. The Bertz CT molecular complexity index is 1460. The van der Waals surface area contributed by atoms with Crippen molar-refractivity contribution >= 4 is 34.4 Å². The highest BCUT2D eigenvalue weighted by Crippen LogP contribution is 2.29. The van der Waals surface area contributed by atoms with Crippen LogP contribution in [0.3, 0.4) is 0 Å². The van der Waals surface area contributed by atoms with Gasteiger partial charge in [-0.1, -0.05) is 18.9 Å². The number of carbonyl (C=O) groups excluding carboxylic acids is 3. The quantitative estimate of drug-likeness (QED) is 0.306. The Hall–Kier alpha value is -4.25. The minimum absolute atomic E-state index is 0.124. The summed E-state index contributed by atoms with van der Waals surface area (Å²) in [7, 11) is 0. The largest absolute Gasteiger partial charge is 0.350 e. The van der Waals surface area contributed by atoms with Crippen LogP contribution in [0.5, 0.6) is 0 Å². The second-order valence-electron chi connectivity index (χ2n) is 10.4. The zero-order chi connectivity index (χ0) is 28.2. The maximum absolute atomic E-state index is 14.8. The molecule has 2 atom stereocenters. The molecule has 5 N–H and O–H groups in total. The van der Waals surface area contributed by atoms with Gasteiger partial charge in [-0.05, 0) is 75.7 Å². The van der Waals surface area contributed by atoms with Gasteiger partial charge in [-0.25, -0.2) is 9.18 Å². The summed E-state index contributed by atoms with van der Waals surface area (Å²) < 4.78 is 14.8. The number of hydrogen-bond donors (Lipinski definition) is 5. The molecule has 0 radical (unpaired) electrons. The molecule has 1 saturated heterocycles. The summed E-state index contributed by atoms with van der Waals surface area (Å²) in [6.45, 7) is 6.05. The number of benzene rings is 2. The molecule has 2 aromatic carbocycles. The smallest absolute Gasteiger partial charge is 0.319 e. The van der Waals surface area contributed by atoms with Crippen LogP contribution in [0.15, 0.2) is 53.9 Å². The summed E-state index contributed by atoms with van der Waals surface area (Å²) in [4.78, 5) is 41.2. The molecule has 10 nitrogen and oxygen atoms in total. The van der Waals surface area contributed by atoms with E-state index < -0.39 is 29.7 Å². The van der Waals surface area contributed by atoms with Gasteiger partial charge in [0.15, 0.2) is 0 Å². The van der Waals surface area contributed by atoms with Crippen molar-refractivity contribution in [3.63, 3.8) is 0 Å². The Morgan fingerprint density at radius 2 is 1.88 bits per heavy atom. The summed E-state index contributed by atoms with van der Waals surface area (Å²) >= 11 is 0. The van der Waals surface area contributed by atoms with E-state index in [0.29, 0.717) is 23.5 Å². The lowest BCUT2D eigenvalue weighted by Crippen LogP contribution is -2.46. The number of urea groups is 1. The van der Waals surface area contributed by atoms with Gasteiger partial charge in [0, 0.05) is 29.4 Å². The van der Waals surface area contributed by atoms with Gasteiger partial charge in [0.25, 0.3) is 11.8 Å². The molecule has 2 aliphatic rings. The van der Waals surface area contributed by atoms with E-state index in [0.717, 1.165) is 36.8 Å². The van der Waals surface area contributed by atoms with E-state index >= 15 is 0 Å². The van der Waals surface area contributed by atoms with E-state index in [1.54, 1.807) is 31.3 Å². The number of fused-ring (bicyclic) bond motifs is 1. The van der Waals surface area contributed by atoms with Gasteiger partial charge in [-0.3, -0.25) is 19.6 Å². The van der Waals surface area contributed by atoms with Crippen molar-refractivity contribution in [2.75, 3.05) is 25.0 Å². The first-order valence-electron chi connectivity index (χ1n) is 13.6. The van der Waals surface area contributed by atoms with Crippen molar-refractivity contribution in [3.8, 4) is 0 Å². The molecule has 40 heavy (non-hydrogen) atoms. The Balaban J connectivity index is 1.34. The lowest BCUT2D eigenvalue weighted by Gasteiger charge is -2.29. The van der Waals surface area contributed by atoms with Gasteiger partial charge in [0.2, 0.25) is 0 Å². The minimum atomic E-state index is -0.894. The molecule has 0 aliphatic carbocycles. The molecule has 1 aromatic heterocycles. The van der Waals surface area contributed by atoms with Crippen molar-refractivity contribution in [2.45, 2.75) is 51.6 Å². The number of allylic oxidation sites excluding steroid dienone is 1. The molecule has 0 bridgehead atoms. The fourth-order valence-electron chi connectivity index (χ4n) is 5.36. The van der Waals surface area contributed by atoms with Gasteiger partial charge >= 0.3 is 6.03 Å². The second-order valence-corrected chi connectivity index (χ2v) is 10.4. The van der Waals surface area contributed by atoms with Crippen LogP contribution >= 0.6 is 0 Å². The van der Waals surface area contributed by atoms with Crippen LogP contribution in [0.1, 0.15) is 61.5 Å². The number of nitrogens with one attached hydrogen (secondary N) is 5. The van der Waals surface area contributed by atoms with E-state index in [9.17, 15) is 18.8 Å². The molecule has 3 aromatic rings. The fraction of sp³-hybridized carbons (Fsp3) is 0.379. The normalized spacial score (nSPS) is 19.0. The summed E-state index contributed by atoms with van der Waals surface area (Å²) in [5.41, 5.74) is 2.26. The lowest BCUT2D eigenvalue weighted by molar-refractivity contribution is -0.113. The average Bonchev–Trinajstić information content (AvgIpc) is 3.22. The number of H-pyrrole nitrogens is 1. The molecule has 4 amide bonds. The number of rotatable bonds is 7. The number of hydrogen-bond acceptors (Lipinski definition) is 5. The average molecular weight is 548 g/mol. The number of amides is 4. The van der Waals surface area contributed by atoms with E-state index in [1.165, 1.54) is 31.0 Å². The first kappa shape index (κ1) is 27.3. The van der Waals surface area contributed by atoms with Crippen LogP contribution in [0.2, 0.25) is 0 Å². The number of aromatic nitrogens is 2. The Kier molecular flexibility index (Phi) is 8.11. The maximum Gasteiger partial charge on any atom is 0.319 e. The number of anilines is 1. The second kappa shape index (κ2) is 11.9. The van der Waals surface area contributed by atoms with Crippen molar-refractivity contribution in [3.05, 3.63) is 70.8 Å². The Morgan fingerprint density at radius 1 is 1.10 bits per heavy atom. The molecule has 3 heterocycles. The zero-order valence-electron chi connectivity index (χ0n) is 22.6. The number of likely N-dealkylation sites (tertiary alicyclic amines) is 1. The standard InChI is InChI=1S/C29H34FN7O3/c1-17(37-11-5-3-4-6-12-37)15-31-27(38)22-14-19(7-9-23(22)30)26-25(18(2)33-29(40)35-26)28(39)34-21-8-10-24-20(13-21)16-32-36-24/h7-10,13-14,16-17,26H,3-6,11-12,15H2,1-2H3,(H,31,38)(H,32,36)(H,34,39)(H2,33,35,40). The summed E-state index contributed by atoms with van der Waals surface area (Å²) in [6.07, 6.45) is 6.36. The van der Waals surface area contributed by atoms with Crippen molar-refractivity contribution in [2.24, 2.45) is 0 Å². The van der Waals surface area contributed by atoms with Crippen LogP contribution in [-0.2, 0) is 4.79 Å². The van der Waals surface area contributed by atoms with E-state index in [-0.39, 0.29) is 17.2 Å². The first-order chi connectivity index (χ1) is 19.3. The van der Waals surface area contributed by atoms with E-state index in [1.807, 2.05) is 0 Å². The molecular formula is C29H34FN7O3. The van der Waals surface area contributed by atoms with Crippen molar-refractivity contribution in [1.29, 1.82) is 0 Å². The molecule has 0 spiro atoms. The minimum Gasteiger partial charge on any atom is -0.350 e. The summed E-state index contributed by atoms with van der Waals surface area (Å²) in [6, 6.07) is 8.11. The molecule has 11 heteroatoms. The molecular weight excluding hydrogens is 513 g/mol. The van der Waals surface area contributed by atoms with Gasteiger partial charge in [0.1, 0.15) is 5.82 Å². The number of halogens is 1. The van der Waals surface area contributed by atoms with Gasteiger partial charge in [0.05, 0.1) is 28.9 Å². The monoisotopic (exact) mass is 547 g/mol. The Morgan fingerprint density at radius 3 is 2.65 bits per heavy atom. The number of carbonyl (C=O) groups is 3. The molecule has 0 saturated carbocycles. The number of aromatic amines is 1. The van der Waals surface area contributed by atoms with Crippen LogP contribution in [0.4, 0.5) is 14.9 Å². The van der Waals surface area contributed by atoms with Gasteiger partial charge in [-0.15, -0.1) is 0 Å². The van der Waals surface area contributed by atoms with Crippen LogP contribution in [-0.4, -0.2) is 58.6 Å². The van der Waals surface area contributed by atoms with E-state index in [2.05, 4.69) is 43.3 Å². The highest BCUT2D eigenvalue weighted by atomic mass is 19.1. The maximum atomic E-state index is 14.8. The van der Waals surface area contributed by atoms with E-state index in [4.69, 9.17) is 0 Å². The molecule has 210 valence electrons. The van der Waals surface area contributed by atoms with Crippen LogP contribution < -0.4 is 21.3 Å². The SMILES string of the molecule is CC1=C(C(=O)Nc2ccc3[nH]ncc3c2)C(c2ccc(F)c(C(=O)NCC(C)N3CCCCCC3)c2)NC(=O)N1. The lowest BCUT2D eigenvalue weighted by atomic mass is 9.93. The first-order valence-corrected chi connectivity index (χ1v) is 13.6. The zero-order valence-corrected chi connectivity index (χ0v) is 22.6. The van der Waals surface area contributed by atoms with Crippen molar-refractivity contribution in [1.82, 2.24) is 31.0 Å². The van der Waals surface area contributed by atoms with Crippen molar-refractivity contribution < 1.29 is 18.8 Å². The topological polar surface area (TPSA) is 131 Å². The summed E-state index contributed by atoms with van der Waals surface area (Å²) in [5.74, 6) is -1.66. The molecule has 2 aliphatic heterocycles. The third-order valence-corrected chi connectivity index (χ3v) is 7.60. The van der Waals surface area contributed by atoms with Crippen LogP contribution in [0.25, 0.3) is 10.9 Å². The highest BCUT2D eigenvalue weighted by molar-refractivity contribution is 6.07. The Labute approximate surface area is 231 Å². The van der Waals surface area contributed by atoms with Crippen LogP contribution in [0, 0.1) is 5.82 Å². The predicted octanol–water partition coefficient (Wildman–Crippen LogP) is 3.96. The fourth-order valence-corrected chi connectivity index (χ4v) is 5.36. The molecule has 5 rings (SSSR count). The third-order valence-electron chi connectivity index (χ3n) is 7.60. The molecule has 2 unspecified atom stereocenters. The predicted molar refractivity (Wildman–Crippen MR) is 150 cm³/mol. The number of nitrogens with zero attached hydrogens (tertiary/aromatic N) is 2. The van der Waals surface area contributed by atoms with Gasteiger partial charge < -0.3 is 21.3 Å². The third kappa shape index (κ3) is 5.99.